The number of benzene rings is 1. The molecular formula is C14H17ClFNO. The molecule has 0 saturated carbocycles. The van der Waals surface area contributed by atoms with Crippen LogP contribution in [-0.2, 0) is 0 Å². The number of hydrogen-bond donors (Lipinski definition) is 1. The lowest BCUT2D eigenvalue weighted by Crippen LogP contribution is -2.20. The number of hydrogen-bond acceptors (Lipinski definition) is 2. The smallest absolute Gasteiger partial charge is 0.184 e. The Balaban J connectivity index is 2.36. The van der Waals surface area contributed by atoms with E-state index in [9.17, 15) is 4.39 Å². The molecule has 0 amide bonds. The van der Waals surface area contributed by atoms with Gasteiger partial charge in [0.15, 0.2) is 11.4 Å². The molecule has 0 aliphatic rings. The summed E-state index contributed by atoms with van der Waals surface area (Å²) in [6.45, 7) is 5.10. The Bertz CT molecular complexity index is 538. The number of halogens is 2. The molecule has 1 N–H and O–H groups in total. The van der Waals surface area contributed by atoms with Gasteiger partial charge >= 0.3 is 0 Å². The maximum Gasteiger partial charge on any atom is 0.184 e. The topological polar surface area (TPSA) is 25.2 Å². The van der Waals surface area contributed by atoms with Crippen molar-refractivity contribution in [3.8, 4) is 0 Å². The van der Waals surface area contributed by atoms with Gasteiger partial charge in [-0.25, -0.2) is 4.39 Å². The van der Waals surface area contributed by atoms with Crippen molar-refractivity contribution in [2.45, 2.75) is 32.7 Å². The molecule has 98 valence electrons. The second-order valence-corrected chi connectivity index (χ2v) is 4.75. The van der Waals surface area contributed by atoms with Crippen molar-refractivity contribution in [1.82, 2.24) is 5.32 Å². The van der Waals surface area contributed by atoms with Crippen molar-refractivity contribution in [2.24, 2.45) is 0 Å². The van der Waals surface area contributed by atoms with Crippen LogP contribution in [-0.4, -0.2) is 6.54 Å². The van der Waals surface area contributed by atoms with Crippen molar-refractivity contribution in [1.29, 1.82) is 0 Å². The molecule has 1 aromatic heterocycles. The predicted molar refractivity (Wildman–Crippen MR) is 72.5 cm³/mol. The fraction of sp³-hybridized carbons (Fsp3) is 0.429. The molecule has 2 aromatic rings. The minimum absolute atomic E-state index is 0.0953. The molecule has 0 radical (unpaired) electrons. The van der Waals surface area contributed by atoms with Gasteiger partial charge in [-0.15, -0.1) is 0 Å². The molecule has 0 spiro atoms. The summed E-state index contributed by atoms with van der Waals surface area (Å²) >= 11 is 5.74. The molecule has 0 bridgehead atoms. The molecule has 0 saturated heterocycles. The number of nitrogens with one attached hydrogen (secondary N) is 1. The monoisotopic (exact) mass is 269 g/mol. The third-order valence-corrected chi connectivity index (χ3v) is 3.28. The summed E-state index contributed by atoms with van der Waals surface area (Å²) in [5, 5.41) is 4.23. The van der Waals surface area contributed by atoms with E-state index in [-0.39, 0.29) is 16.6 Å². The maximum absolute atomic E-state index is 13.8. The quantitative estimate of drug-likeness (QED) is 0.853. The third kappa shape index (κ3) is 2.52. The Morgan fingerprint density at radius 3 is 2.83 bits per heavy atom. The van der Waals surface area contributed by atoms with Gasteiger partial charge in [-0.05, 0) is 37.6 Å². The number of furan rings is 1. The summed E-state index contributed by atoms with van der Waals surface area (Å²) in [6.07, 6.45) is 1.95. The fourth-order valence-electron chi connectivity index (χ4n) is 2.00. The average Bonchev–Trinajstić information content (AvgIpc) is 2.80. The highest BCUT2D eigenvalue weighted by molar-refractivity contribution is 6.31. The van der Waals surface area contributed by atoms with Gasteiger partial charge in [-0.3, -0.25) is 0 Å². The Kier molecular flexibility index (Phi) is 4.25. The zero-order chi connectivity index (χ0) is 13.1. The van der Waals surface area contributed by atoms with Gasteiger partial charge < -0.3 is 9.73 Å². The second kappa shape index (κ2) is 5.72. The summed E-state index contributed by atoms with van der Waals surface area (Å²) in [4.78, 5) is 0. The molecular weight excluding hydrogens is 253 g/mol. The van der Waals surface area contributed by atoms with Crippen molar-refractivity contribution >= 4 is 22.6 Å². The van der Waals surface area contributed by atoms with Crippen LogP contribution in [0.1, 0.15) is 38.5 Å². The van der Waals surface area contributed by atoms with Crippen LogP contribution < -0.4 is 5.32 Å². The molecule has 18 heavy (non-hydrogen) atoms. The average molecular weight is 270 g/mol. The molecule has 0 aliphatic heterocycles. The van der Waals surface area contributed by atoms with Gasteiger partial charge in [-0.1, -0.05) is 25.4 Å². The highest BCUT2D eigenvalue weighted by atomic mass is 35.5. The first-order valence-electron chi connectivity index (χ1n) is 6.28. The normalized spacial score (nSPS) is 13.1. The Hall–Kier alpha value is -1.06. The van der Waals surface area contributed by atoms with Crippen LogP contribution in [0.2, 0.25) is 5.02 Å². The lowest BCUT2D eigenvalue weighted by molar-refractivity contribution is 0.415. The van der Waals surface area contributed by atoms with Crippen LogP contribution in [0.5, 0.6) is 0 Å². The van der Waals surface area contributed by atoms with Crippen LogP contribution in [0.15, 0.2) is 22.6 Å². The summed E-state index contributed by atoms with van der Waals surface area (Å²) < 4.78 is 19.4. The third-order valence-electron chi connectivity index (χ3n) is 2.99. The van der Waals surface area contributed by atoms with Crippen LogP contribution >= 0.6 is 11.6 Å². The molecule has 2 rings (SSSR count). The van der Waals surface area contributed by atoms with E-state index >= 15 is 0 Å². The maximum atomic E-state index is 13.8. The van der Waals surface area contributed by atoms with E-state index in [1.807, 2.05) is 6.07 Å². The van der Waals surface area contributed by atoms with E-state index in [2.05, 4.69) is 19.2 Å². The molecule has 1 atom stereocenters. The lowest BCUT2D eigenvalue weighted by Gasteiger charge is -2.13. The zero-order valence-electron chi connectivity index (χ0n) is 10.6. The van der Waals surface area contributed by atoms with Crippen LogP contribution in [0.3, 0.4) is 0 Å². The molecule has 1 aromatic carbocycles. The van der Waals surface area contributed by atoms with E-state index < -0.39 is 5.82 Å². The first-order valence-corrected chi connectivity index (χ1v) is 6.66. The molecule has 0 fully saturated rings. The van der Waals surface area contributed by atoms with E-state index in [0.29, 0.717) is 0 Å². The Morgan fingerprint density at radius 1 is 1.39 bits per heavy atom. The first kappa shape index (κ1) is 13.4. The van der Waals surface area contributed by atoms with E-state index in [1.165, 1.54) is 0 Å². The van der Waals surface area contributed by atoms with Gasteiger partial charge in [0.1, 0.15) is 5.76 Å². The summed E-state index contributed by atoms with van der Waals surface area (Å²) in [5.74, 6) is 0.285. The molecule has 2 nitrogen and oxygen atoms in total. The van der Waals surface area contributed by atoms with Gasteiger partial charge in [0.25, 0.3) is 0 Å². The van der Waals surface area contributed by atoms with Crippen molar-refractivity contribution in [3.63, 3.8) is 0 Å². The Morgan fingerprint density at radius 2 is 2.17 bits per heavy atom. The predicted octanol–water partition coefficient (Wildman–Crippen LogP) is 4.68. The second-order valence-electron chi connectivity index (χ2n) is 4.34. The minimum Gasteiger partial charge on any atom is -0.456 e. The summed E-state index contributed by atoms with van der Waals surface area (Å²) in [7, 11) is 0. The van der Waals surface area contributed by atoms with Crippen LogP contribution in [0.25, 0.3) is 11.0 Å². The summed E-state index contributed by atoms with van der Waals surface area (Å²) in [5.41, 5.74) is 0.245. The Labute approximate surface area is 111 Å². The van der Waals surface area contributed by atoms with E-state index in [4.69, 9.17) is 16.0 Å². The SMILES string of the molecule is CCCNC(CC)c1cc2ccc(Cl)c(F)c2o1. The minimum atomic E-state index is -0.481. The van der Waals surface area contributed by atoms with E-state index in [1.54, 1.807) is 12.1 Å². The van der Waals surface area contributed by atoms with Crippen LogP contribution in [0.4, 0.5) is 4.39 Å². The highest BCUT2D eigenvalue weighted by Crippen LogP contribution is 2.30. The van der Waals surface area contributed by atoms with Crippen molar-refractivity contribution in [2.75, 3.05) is 6.54 Å². The van der Waals surface area contributed by atoms with Crippen LogP contribution in [0, 0.1) is 5.82 Å². The molecule has 4 heteroatoms. The molecule has 1 heterocycles. The lowest BCUT2D eigenvalue weighted by atomic mass is 10.1. The standard InChI is InChI=1S/C14H17ClFNO/c1-3-7-17-11(4-2)12-8-9-5-6-10(15)13(16)14(9)18-12/h5-6,8,11,17H,3-4,7H2,1-2H3. The van der Waals surface area contributed by atoms with Crippen molar-refractivity contribution in [3.05, 3.63) is 34.8 Å². The zero-order valence-corrected chi connectivity index (χ0v) is 11.4. The van der Waals surface area contributed by atoms with Gasteiger partial charge in [-0.2, -0.15) is 0 Å². The van der Waals surface area contributed by atoms with Gasteiger partial charge in [0.05, 0.1) is 11.1 Å². The first-order chi connectivity index (χ1) is 8.67. The number of fused-ring (bicyclic) bond motifs is 1. The highest BCUT2D eigenvalue weighted by Gasteiger charge is 2.16. The molecule has 0 aliphatic carbocycles. The fourth-order valence-corrected chi connectivity index (χ4v) is 2.15. The van der Waals surface area contributed by atoms with Gasteiger partial charge in [0, 0.05) is 5.39 Å². The van der Waals surface area contributed by atoms with Gasteiger partial charge in [0.2, 0.25) is 0 Å². The largest absolute Gasteiger partial charge is 0.456 e. The number of rotatable bonds is 5. The molecule has 1 unspecified atom stereocenters. The van der Waals surface area contributed by atoms with Crippen molar-refractivity contribution < 1.29 is 8.81 Å². The van der Waals surface area contributed by atoms with E-state index in [0.717, 1.165) is 30.5 Å². The summed E-state index contributed by atoms with van der Waals surface area (Å²) in [6, 6.07) is 5.33.